The van der Waals surface area contributed by atoms with Crippen molar-refractivity contribution in [1.29, 1.82) is 0 Å². The molecule has 2 aromatic heterocycles. The minimum absolute atomic E-state index is 0.000953. The maximum absolute atomic E-state index is 12.7. The molecule has 140 valence electrons. The van der Waals surface area contributed by atoms with Crippen molar-refractivity contribution >= 4 is 27.3 Å². The van der Waals surface area contributed by atoms with Crippen molar-refractivity contribution in [2.75, 3.05) is 24.5 Å². The molecule has 0 spiro atoms. The molecule has 1 N–H and O–H groups in total. The van der Waals surface area contributed by atoms with E-state index >= 15 is 0 Å². The summed E-state index contributed by atoms with van der Waals surface area (Å²) in [5, 5.41) is 8.38. The Hall–Kier alpha value is -1.96. The fourth-order valence-corrected chi connectivity index (χ4v) is 4.78. The third-order valence-corrected chi connectivity index (χ3v) is 6.32. The summed E-state index contributed by atoms with van der Waals surface area (Å²) in [6, 6.07) is 0. The van der Waals surface area contributed by atoms with E-state index in [1.54, 1.807) is 0 Å². The summed E-state index contributed by atoms with van der Waals surface area (Å²) in [7, 11) is 0. The molecular formula is C18H25N5O2S. The summed E-state index contributed by atoms with van der Waals surface area (Å²) in [5.74, 6) is 0.252. The molecule has 0 aromatic carbocycles. The van der Waals surface area contributed by atoms with E-state index in [-0.39, 0.29) is 17.4 Å². The fraction of sp³-hybridized carbons (Fsp3) is 0.667. The van der Waals surface area contributed by atoms with Crippen LogP contribution in [0.2, 0.25) is 0 Å². The van der Waals surface area contributed by atoms with Crippen LogP contribution in [0.3, 0.4) is 0 Å². The quantitative estimate of drug-likeness (QED) is 0.881. The maximum atomic E-state index is 12.7. The fourth-order valence-electron chi connectivity index (χ4n) is 3.82. The van der Waals surface area contributed by atoms with Crippen LogP contribution in [0.4, 0.5) is 5.13 Å². The molecule has 1 aliphatic heterocycles. The Morgan fingerprint density at radius 2 is 2.04 bits per heavy atom. The average Bonchev–Trinajstić information content (AvgIpc) is 3.11. The third-order valence-electron chi connectivity index (χ3n) is 5.35. The number of nitrogens with zero attached hydrogens (tertiary/aromatic N) is 4. The highest BCUT2D eigenvalue weighted by molar-refractivity contribution is 7.20. The molecule has 2 aromatic rings. The van der Waals surface area contributed by atoms with Gasteiger partial charge in [0.05, 0.1) is 5.69 Å². The van der Waals surface area contributed by atoms with E-state index < -0.39 is 0 Å². The molecular weight excluding hydrogens is 350 g/mol. The zero-order valence-electron chi connectivity index (χ0n) is 15.2. The van der Waals surface area contributed by atoms with Crippen LogP contribution in [0, 0.1) is 5.92 Å². The monoisotopic (exact) mass is 375 g/mol. The lowest BCUT2D eigenvalue weighted by Gasteiger charge is -2.30. The summed E-state index contributed by atoms with van der Waals surface area (Å²) in [6.45, 7) is 4.39. The molecule has 1 fully saturated rings. The van der Waals surface area contributed by atoms with Gasteiger partial charge in [0.1, 0.15) is 0 Å². The Kier molecular flexibility index (Phi) is 4.93. The molecule has 4 rings (SSSR count). The molecule has 0 atom stereocenters. The highest BCUT2D eigenvalue weighted by Gasteiger charge is 2.27. The topological polar surface area (TPSA) is 79.6 Å². The lowest BCUT2D eigenvalue weighted by Crippen LogP contribution is -2.40. The first-order valence-electron chi connectivity index (χ1n) is 9.61. The van der Waals surface area contributed by atoms with Crippen LogP contribution < -0.4 is 15.8 Å². The Bertz CT molecular complexity index is 866. The highest BCUT2D eigenvalue weighted by atomic mass is 32.1. The Morgan fingerprint density at radius 1 is 1.27 bits per heavy atom. The van der Waals surface area contributed by atoms with Gasteiger partial charge in [-0.1, -0.05) is 18.3 Å². The van der Waals surface area contributed by atoms with Gasteiger partial charge in [-0.25, -0.2) is 4.98 Å². The second-order valence-corrected chi connectivity index (χ2v) is 8.12. The van der Waals surface area contributed by atoms with E-state index in [0.29, 0.717) is 4.96 Å². The molecule has 1 saturated heterocycles. The van der Waals surface area contributed by atoms with Crippen molar-refractivity contribution in [3.8, 4) is 0 Å². The van der Waals surface area contributed by atoms with E-state index in [2.05, 4.69) is 22.2 Å². The van der Waals surface area contributed by atoms with Crippen molar-refractivity contribution in [2.45, 2.75) is 51.9 Å². The minimum atomic E-state index is 0.000953. The summed E-state index contributed by atoms with van der Waals surface area (Å²) in [6.07, 6.45) is 6.48. The molecule has 3 heterocycles. The van der Waals surface area contributed by atoms with Crippen LogP contribution in [0.25, 0.3) is 4.96 Å². The molecule has 0 bridgehead atoms. The van der Waals surface area contributed by atoms with Gasteiger partial charge in [-0.05, 0) is 44.9 Å². The number of hydrogen-bond acceptors (Lipinski definition) is 6. The number of nitrogens with one attached hydrogen (secondary N) is 1. The van der Waals surface area contributed by atoms with Crippen molar-refractivity contribution in [3.63, 3.8) is 0 Å². The molecule has 1 amide bonds. The van der Waals surface area contributed by atoms with Crippen LogP contribution in [0.15, 0.2) is 4.79 Å². The number of piperidine rings is 1. The Labute approximate surface area is 156 Å². The minimum Gasteiger partial charge on any atom is -0.356 e. The van der Waals surface area contributed by atoms with Crippen LogP contribution in [-0.2, 0) is 17.6 Å². The Balaban J connectivity index is 1.51. The number of anilines is 1. The molecule has 7 nitrogen and oxygen atoms in total. The number of carbonyl (C=O) groups excluding carboxylic acids is 1. The highest BCUT2D eigenvalue weighted by Crippen LogP contribution is 2.28. The second-order valence-electron chi connectivity index (χ2n) is 7.18. The largest absolute Gasteiger partial charge is 0.356 e. The number of fused-ring (bicyclic) bond motifs is 2. The van der Waals surface area contributed by atoms with Crippen molar-refractivity contribution in [1.82, 2.24) is 19.9 Å². The summed E-state index contributed by atoms with van der Waals surface area (Å²) >= 11 is 1.48. The van der Waals surface area contributed by atoms with Gasteiger partial charge in [-0.15, -0.1) is 5.10 Å². The standard InChI is InChI=1S/C18H25N5O2S/c1-2-9-19-15(24)12-7-10-22(11-8-12)18-21-23-16(25)13-5-3-4-6-14(13)20-17(23)26-18/h12H,2-11H2,1H3,(H,19,24). The molecule has 0 unspecified atom stereocenters. The van der Waals surface area contributed by atoms with Gasteiger partial charge in [-0.3, -0.25) is 9.59 Å². The van der Waals surface area contributed by atoms with Gasteiger partial charge < -0.3 is 10.2 Å². The van der Waals surface area contributed by atoms with Crippen LogP contribution in [0.1, 0.15) is 50.3 Å². The number of hydrogen-bond donors (Lipinski definition) is 1. The van der Waals surface area contributed by atoms with E-state index in [4.69, 9.17) is 4.98 Å². The lowest BCUT2D eigenvalue weighted by molar-refractivity contribution is -0.125. The molecule has 0 radical (unpaired) electrons. The van der Waals surface area contributed by atoms with Crippen molar-refractivity contribution < 1.29 is 4.79 Å². The Morgan fingerprint density at radius 3 is 2.81 bits per heavy atom. The zero-order chi connectivity index (χ0) is 18.1. The first kappa shape index (κ1) is 17.5. The van der Waals surface area contributed by atoms with Crippen LogP contribution in [-0.4, -0.2) is 40.1 Å². The van der Waals surface area contributed by atoms with Gasteiger partial charge in [0.15, 0.2) is 0 Å². The predicted octanol–water partition coefficient (Wildman–Crippen LogP) is 1.77. The second kappa shape index (κ2) is 7.34. The number of amides is 1. The van der Waals surface area contributed by atoms with E-state index in [9.17, 15) is 9.59 Å². The first-order chi connectivity index (χ1) is 12.7. The molecule has 1 aliphatic carbocycles. The number of carbonyl (C=O) groups is 1. The van der Waals surface area contributed by atoms with Crippen molar-refractivity contribution in [3.05, 3.63) is 21.6 Å². The van der Waals surface area contributed by atoms with Gasteiger partial charge in [0, 0.05) is 31.1 Å². The molecule has 0 saturated carbocycles. The third kappa shape index (κ3) is 3.22. The molecule has 26 heavy (non-hydrogen) atoms. The average molecular weight is 375 g/mol. The summed E-state index contributed by atoms with van der Waals surface area (Å²) in [5.41, 5.74) is 1.81. The zero-order valence-corrected chi connectivity index (χ0v) is 16.0. The van der Waals surface area contributed by atoms with Crippen LogP contribution in [0.5, 0.6) is 0 Å². The van der Waals surface area contributed by atoms with Gasteiger partial charge in [0.2, 0.25) is 16.0 Å². The van der Waals surface area contributed by atoms with E-state index in [0.717, 1.165) is 81.0 Å². The smallest absolute Gasteiger partial charge is 0.278 e. The van der Waals surface area contributed by atoms with E-state index in [1.807, 2.05) is 0 Å². The van der Waals surface area contributed by atoms with Gasteiger partial charge >= 0.3 is 0 Å². The van der Waals surface area contributed by atoms with Gasteiger partial charge in [-0.2, -0.15) is 4.52 Å². The molecule has 2 aliphatic rings. The normalized spacial score (nSPS) is 18.1. The van der Waals surface area contributed by atoms with Crippen LogP contribution >= 0.6 is 11.3 Å². The summed E-state index contributed by atoms with van der Waals surface area (Å²) in [4.78, 5) is 32.4. The van der Waals surface area contributed by atoms with Gasteiger partial charge in [0.25, 0.3) is 5.56 Å². The maximum Gasteiger partial charge on any atom is 0.278 e. The number of aromatic nitrogens is 3. The molecule has 8 heteroatoms. The predicted molar refractivity (Wildman–Crippen MR) is 102 cm³/mol. The van der Waals surface area contributed by atoms with Crippen molar-refractivity contribution in [2.24, 2.45) is 5.92 Å². The summed E-state index contributed by atoms with van der Waals surface area (Å²) < 4.78 is 1.48. The SMILES string of the molecule is CCCNC(=O)C1CCN(c2nn3c(=O)c4c(nc3s2)CCCC4)CC1. The van der Waals surface area contributed by atoms with E-state index in [1.165, 1.54) is 15.9 Å². The lowest BCUT2D eigenvalue weighted by atomic mass is 9.96. The first-order valence-corrected chi connectivity index (χ1v) is 10.4. The number of rotatable bonds is 4. The number of aryl methyl sites for hydroxylation is 1.